The summed E-state index contributed by atoms with van der Waals surface area (Å²) >= 11 is 0. The van der Waals surface area contributed by atoms with Gasteiger partial charge in [0.1, 0.15) is 5.75 Å². The number of likely N-dealkylation sites (N-methyl/N-ethyl adjacent to an activating group) is 1. The van der Waals surface area contributed by atoms with Crippen molar-refractivity contribution in [1.82, 2.24) is 10.2 Å². The highest BCUT2D eigenvalue weighted by atomic mass is 16.3. The number of fused-ring (bicyclic) bond motifs is 3. The van der Waals surface area contributed by atoms with Gasteiger partial charge < -0.3 is 31.7 Å². The fourth-order valence-corrected chi connectivity index (χ4v) is 6.75. The topological polar surface area (TPSA) is 216 Å². The van der Waals surface area contributed by atoms with E-state index in [2.05, 4.69) is 10.6 Å². The van der Waals surface area contributed by atoms with Crippen molar-refractivity contribution in [1.29, 1.82) is 0 Å². The molecule has 8 atom stereocenters. The van der Waals surface area contributed by atoms with E-state index in [1.807, 2.05) is 19.9 Å². The number of allylic oxidation sites excluding steroid dienone is 1. The summed E-state index contributed by atoms with van der Waals surface area (Å²) in [5.74, 6) is -14.7. The number of nitrogens with one attached hydrogen (secondary N) is 2. The molecule has 1 aromatic carbocycles. The lowest BCUT2D eigenvalue weighted by Crippen LogP contribution is -2.77. The molecule has 2 amide bonds. The van der Waals surface area contributed by atoms with Gasteiger partial charge in [0.2, 0.25) is 11.8 Å². The Morgan fingerprint density at radius 2 is 1.76 bits per heavy atom. The number of amides is 2. The normalized spacial score (nSPS) is 32.1. The van der Waals surface area contributed by atoms with Gasteiger partial charge in [0.15, 0.2) is 34.7 Å². The van der Waals surface area contributed by atoms with Gasteiger partial charge in [0, 0.05) is 12.5 Å². The van der Waals surface area contributed by atoms with Gasteiger partial charge in [0.25, 0.3) is 0 Å². The molecule has 0 aromatic heterocycles. The molecule has 2 fully saturated rings. The summed E-state index contributed by atoms with van der Waals surface area (Å²) in [5, 5.41) is 39.8. The van der Waals surface area contributed by atoms with Gasteiger partial charge in [-0.05, 0) is 45.5 Å². The van der Waals surface area contributed by atoms with Crippen LogP contribution in [-0.2, 0) is 24.0 Å². The van der Waals surface area contributed by atoms with E-state index in [-0.39, 0.29) is 23.4 Å². The number of carbonyl (C=O) groups is 6. The third kappa shape index (κ3) is 4.66. The number of hydrogen-bond donors (Lipinski definition) is 6. The molecule has 3 aliphatic carbocycles. The van der Waals surface area contributed by atoms with Crippen LogP contribution in [0.15, 0.2) is 23.8 Å². The molecule has 0 saturated heterocycles. The number of aliphatic hydroxyl groups excluding tert-OH is 1. The van der Waals surface area contributed by atoms with Crippen molar-refractivity contribution >= 4 is 40.6 Å². The summed E-state index contributed by atoms with van der Waals surface area (Å²) in [5.41, 5.74) is 3.19. The highest BCUT2D eigenvalue weighted by Gasteiger charge is 2.72. The van der Waals surface area contributed by atoms with E-state index in [4.69, 9.17) is 5.73 Å². The van der Waals surface area contributed by atoms with Crippen LogP contribution in [-0.4, -0.2) is 100 Å². The number of aliphatic hydroxyl groups is 2. The summed E-state index contributed by atoms with van der Waals surface area (Å²) in [6.07, 6.45) is 0.167. The number of primary amides is 1. The van der Waals surface area contributed by atoms with Crippen molar-refractivity contribution in [2.45, 2.75) is 44.4 Å². The van der Waals surface area contributed by atoms with E-state index in [1.165, 1.54) is 31.1 Å². The standard InChI is InChI=1S/C29H36N4O9/c1-11(2)8-9-31-10-15(34)32-14-7-6-13-12(3)16-18(23(36)17(13)22(14)35)26(39)29(42)20(24(16)37)21(33(4)5)25(38)19(27(29)40)28(30)41/h6-8,12,16,18-21,24,31,35,37,42H,9-10H2,1-5H3,(H2,30,41)(H,32,34)/t12?,16?,18?,19?,20?,21-,24?,29-/m0/s1. The minimum atomic E-state index is -3.07. The molecule has 13 heteroatoms. The number of carbonyl (C=O) groups excluding carboxylic acids is 6. The zero-order chi connectivity index (χ0) is 31.4. The third-order valence-corrected chi connectivity index (χ3v) is 8.70. The summed E-state index contributed by atoms with van der Waals surface area (Å²) in [6, 6.07) is 1.44. The lowest BCUT2D eigenvalue weighted by molar-refractivity contribution is -0.196. The molecule has 2 saturated carbocycles. The molecule has 0 bridgehead atoms. The molecule has 13 nitrogen and oxygen atoms in total. The SMILES string of the molecule is CC(C)=CCNCC(=O)Nc1ccc2c(c1O)C(=O)C1C(=O)[C@]3(O)C(=O)C(C(N)=O)C(=O)[C@@H](N(C)C)C3C(O)C1C2C. The lowest BCUT2D eigenvalue weighted by Gasteiger charge is -2.56. The molecule has 42 heavy (non-hydrogen) atoms. The molecular formula is C29H36N4O9. The van der Waals surface area contributed by atoms with Crippen molar-refractivity contribution < 1.29 is 44.1 Å². The number of phenols is 1. The Bertz CT molecular complexity index is 1420. The molecule has 1 aromatic rings. The van der Waals surface area contributed by atoms with Crippen LogP contribution in [0.25, 0.3) is 0 Å². The highest BCUT2D eigenvalue weighted by Crippen LogP contribution is 2.55. The Morgan fingerprint density at radius 3 is 2.33 bits per heavy atom. The lowest BCUT2D eigenvalue weighted by atomic mass is 9.49. The average molecular weight is 585 g/mol. The van der Waals surface area contributed by atoms with Crippen molar-refractivity contribution in [3.8, 4) is 5.75 Å². The largest absolute Gasteiger partial charge is 0.505 e. The predicted octanol–water partition coefficient (Wildman–Crippen LogP) is -1.11. The zero-order valence-corrected chi connectivity index (χ0v) is 24.0. The quantitative estimate of drug-likeness (QED) is 0.0978. The van der Waals surface area contributed by atoms with Gasteiger partial charge in [-0.3, -0.25) is 33.7 Å². The molecule has 3 aliphatic rings. The zero-order valence-electron chi connectivity index (χ0n) is 24.0. The Morgan fingerprint density at radius 1 is 1.12 bits per heavy atom. The van der Waals surface area contributed by atoms with Gasteiger partial charge in [-0.2, -0.15) is 0 Å². The molecule has 4 rings (SSSR count). The highest BCUT2D eigenvalue weighted by molar-refractivity contribution is 6.32. The fraction of sp³-hybridized carbons (Fsp3) is 0.517. The van der Waals surface area contributed by atoms with Crippen LogP contribution in [0.4, 0.5) is 5.69 Å². The maximum atomic E-state index is 14.0. The second-order valence-electron chi connectivity index (χ2n) is 11.8. The monoisotopic (exact) mass is 584 g/mol. The second kappa shape index (κ2) is 11.1. The first kappa shape index (κ1) is 31.2. The predicted molar refractivity (Wildman–Crippen MR) is 148 cm³/mol. The van der Waals surface area contributed by atoms with Gasteiger partial charge in [-0.1, -0.05) is 24.6 Å². The van der Waals surface area contributed by atoms with Crippen LogP contribution in [0.3, 0.4) is 0 Å². The first-order valence-electron chi connectivity index (χ1n) is 13.6. The van der Waals surface area contributed by atoms with Crippen molar-refractivity contribution in [3.05, 3.63) is 34.9 Å². The van der Waals surface area contributed by atoms with E-state index in [0.29, 0.717) is 6.54 Å². The van der Waals surface area contributed by atoms with Crippen LogP contribution in [0.5, 0.6) is 5.75 Å². The van der Waals surface area contributed by atoms with E-state index >= 15 is 0 Å². The number of aromatic hydroxyl groups is 1. The molecule has 6 unspecified atom stereocenters. The number of anilines is 1. The van der Waals surface area contributed by atoms with Crippen LogP contribution >= 0.6 is 0 Å². The van der Waals surface area contributed by atoms with E-state index in [0.717, 1.165) is 5.57 Å². The van der Waals surface area contributed by atoms with Crippen LogP contribution in [0.1, 0.15) is 42.6 Å². The van der Waals surface area contributed by atoms with E-state index in [1.54, 1.807) is 6.92 Å². The third-order valence-electron chi connectivity index (χ3n) is 8.70. The van der Waals surface area contributed by atoms with Gasteiger partial charge >= 0.3 is 0 Å². The number of nitrogens with two attached hydrogens (primary N) is 1. The summed E-state index contributed by atoms with van der Waals surface area (Å²) in [6.45, 7) is 5.77. The van der Waals surface area contributed by atoms with Crippen molar-refractivity contribution in [3.63, 3.8) is 0 Å². The van der Waals surface area contributed by atoms with Crippen LogP contribution < -0.4 is 16.4 Å². The second-order valence-corrected chi connectivity index (χ2v) is 11.8. The van der Waals surface area contributed by atoms with Gasteiger partial charge in [-0.15, -0.1) is 0 Å². The van der Waals surface area contributed by atoms with E-state index in [9.17, 15) is 44.1 Å². The minimum Gasteiger partial charge on any atom is -0.505 e. The first-order valence-corrected chi connectivity index (χ1v) is 13.6. The smallest absolute Gasteiger partial charge is 0.238 e. The summed E-state index contributed by atoms with van der Waals surface area (Å²) < 4.78 is 0. The molecule has 7 N–H and O–H groups in total. The number of ketones is 4. The van der Waals surface area contributed by atoms with Crippen molar-refractivity contribution in [2.75, 3.05) is 32.5 Å². The number of phenolic OH excluding ortho intramolecular Hbond substituents is 1. The van der Waals surface area contributed by atoms with E-state index < -0.39 is 88.0 Å². The Balaban J connectivity index is 1.76. The van der Waals surface area contributed by atoms with Gasteiger partial charge in [0.05, 0.1) is 41.8 Å². The molecule has 0 spiro atoms. The number of nitrogens with zero attached hydrogens (tertiary/aromatic N) is 1. The Kier molecular flexibility index (Phi) is 8.26. The average Bonchev–Trinajstić information content (AvgIpc) is 2.89. The first-order chi connectivity index (χ1) is 19.6. The van der Waals surface area contributed by atoms with Crippen molar-refractivity contribution in [2.24, 2.45) is 29.4 Å². The van der Waals surface area contributed by atoms with Gasteiger partial charge in [-0.25, -0.2) is 0 Å². The maximum Gasteiger partial charge on any atom is 0.238 e. The molecule has 226 valence electrons. The van der Waals surface area contributed by atoms with Crippen LogP contribution in [0, 0.1) is 23.7 Å². The van der Waals surface area contributed by atoms with Crippen LogP contribution in [0.2, 0.25) is 0 Å². The molecule has 0 aliphatic heterocycles. The Labute approximate surface area is 242 Å². The Hall–Kier alpha value is -3.78. The molecular weight excluding hydrogens is 548 g/mol. The minimum absolute atomic E-state index is 0.0939. The number of hydrogen-bond acceptors (Lipinski definition) is 11. The number of Topliss-reactive ketones (excluding diaryl/α,β-unsaturated/α-hetero) is 4. The summed E-state index contributed by atoms with van der Waals surface area (Å²) in [7, 11) is 2.85. The number of rotatable bonds is 7. The maximum absolute atomic E-state index is 14.0. The number of benzene rings is 1. The summed E-state index contributed by atoms with van der Waals surface area (Å²) in [4.78, 5) is 80.4. The fourth-order valence-electron chi connectivity index (χ4n) is 6.75. The molecule has 0 heterocycles. The molecule has 0 radical (unpaired) electrons.